The second kappa shape index (κ2) is 5.62. The van der Waals surface area contributed by atoms with Crippen LogP contribution in [0.15, 0.2) is 48.9 Å². The largest absolute Gasteiger partial charge is 0.346 e. The Morgan fingerprint density at radius 1 is 1.17 bits per heavy atom. The quantitative estimate of drug-likeness (QED) is 0.780. The third-order valence-electron chi connectivity index (χ3n) is 4.01. The minimum Gasteiger partial charge on any atom is -0.346 e. The minimum absolute atomic E-state index is 0.0893. The molecular weight excluding hydrogens is 317 g/mol. The van der Waals surface area contributed by atoms with Crippen LogP contribution in [0.25, 0.3) is 0 Å². The molecule has 7 heteroatoms. The summed E-state index contributed by atoms with van der Waals surface area (Å²) in [5.74, 6) is 0.238. The molecule has 5 nitrogen and oxygen atoms in total. The Labute approximate surface area is 137 Å². The van der Waals surface area contributed by atoms with Crippen molar-refractivity contribution >= 4 is 17.5 Å². The fraction of sp³-hybridized carbons (Fsp3) is 0.188. The lowest BCUT2D eigenvalue weighted by Gasteiger charge is -2.31. The average Bonchev–Trinajstić information content (AvgIpc) is 3.04. The standard InChI is InChI=1S/C16H13ClFN5/c17-10-4-3-5-11(18)15(10)14-8-13(12-6-1-2-7-19-12)22-16-20-9-21-23(14)16/h1-7,9,13-14H,8H2,(H,20,21,22)/t13-,14+/m1/s1. The van der Waals surface area contributed by atoms with Gasteiger partial charge >= 0.3 is 0 Å². The summed E-state index contributed by atoms with van der Waals surface area (Å²) in [6, 6.07) is 9.99. The summed E-state index contributed by atoms with van der Waals surface area (Å²) in [6.45, 7) is 0. The maximum absolute atomic E-state index is 14.4. The normalized spacial score (nSPS) is 19.9. The number of hydrogen-bond donors (Lipinski definition) is 1. The zero-order chi connectivity index (χ0) is 15.8. The van der Waals surface area contributed by atoms with Gasteiger partial charge in [-0.3, -0.25) is 4.98 Å². The molecule has 0 saturated carbocycles. The molecule has 1 aliphatic heterocycles. The topological polar surface area (TPSA) is 55.6 Å². The highest BCUT2D eigenvalue weighted by molar-refractivity contribution is 6.31. The van der Waals surface area contributed by atoms with Crippen molar-refractivity contribution in [2.75, 3.05) is 5.32 Å². The van der Waals surface area contributed by atoms with Gasteiger partial charge in [0.15, 0.2) is 0 Å². The van der Waals surface area contributed by atoms with Gasteiger partial charge in [-0.1, -0.05) is 23.7 Å². The Bertz CT molecular complexity index is 815. The zero-order valence-corrected chi connectivity index (χ0v) is 12.8. The number of rotatable bonds is 2. The fourth-order valence-corrected chi connectivity index (χ4v) is 3.25. The second-order valence-corrected chi connectivity index (χ2v) is 5.77. The monoisotopic (exact) mass is 329 g/mol. The van der Waals surface area contributed by atoms with E-state index in [1.165, 1.54) is 12.4 Å². The number of fused-ring (bicyclic) bond motifs is 1. The predicted octanol–water partition coefficient (Wildman–Crippen LogP) is 3.61. The first-order valence-electron chi connectivity index (χ1n) is 7.25. The van der Waals surface area contributed by atoms with E-state index in [0.717, 1.165) is 5.69 Å². The SMILES string of the molecule is Fc1cccc(Cl)c1[C@@H]1C[C@H](c2ccccn2)Nc2ncnn21. The van der Waals surface area contributed by atoms with Crippen LogP contribution in [0.3, 0.4) is 0 Å². The van der Waals surface area contributed by atoms with Crippen molar-refractivity contribution in [3.8, 4) is 0 Å². The van der Waals surface area contributed by atoms with Gasteiger partial charge < -0.3 is 5.32 Å². The Balaban J connectivity index is 1.80. The van der Waals surface area contributed by atoms with E-state index in [4.69, 9.17) is 11.6 Å². The third kappa shape index (κ3) is 2.45. The summed E-state index contributed by atoms with van der Waals surface area (Å²) < 4.78 is 16.1. The number of nitrogens with one attached hydrogen (secondary N) is 1. The lowest BCUT2D eigenvalue weighted by molar-refractivity contribution is 0.412. The van der Waals surface area contributed by atoms with E-state index in [1.54, 1.807) is 23.0 Å². The average molecular weight is 330 g/mol. The third-order valence-corrected chi connectivity index (χ3v) is 4.34. The second-order valence-electron chi connectivity index (χ2n) is 5.37. The molecule has 116 valence electrons. The van der Waals surface area contributed by atoms with Crippen molar-refractivity contribution in [3.05, 3.63) is 71.0 Å². The van der Waals surface area contributed by atoms with Crippen LogP contribution in [-0.2, 0) is 0 Å². The lowest BCUT2D eigenvalue weighted by atomic mass is 9.95. The summed E-state index contributed by atoms with van der Waals surface area (Å²) in [5, 5.41) is 7.90. The van der Waals surface area contributed by atoms with Crippen molar-refractivity contribution in [1.82, 2.24) is 19.7 Å². The number of aromatic nitrogens is 4. The smallest absolute Gasteiger partial charge is 0.222 e. The van der Waals surface area contributed by atoms with Crippen molar-refractivity contribution in [3.63, 3.8) is 0 Å². The highest BCUT2D eigenvalue weighted by atomic mass is 35.5. The van der Waals surface area contributed by atoms with Crippen LogP contribution < -0.4 is 5.32 Å². The molecule has 0 radical (unpaired) electrons. The molecule has 0 spiro atoms. The van der Waals surface area contributed by atoms with Gasteiger partial charge in [-0.05, 0) is 24.3 Å². The van der Waals surface area contributed by atoms with Crippen LogP contribution in [0.4, 0.5) is 10.3 Å². The molecule has 2 aromatic heterocycles. The van der Waals surface area contributed by atoms with Crippen LogP contribution in [0.2, 0.25) is 5.02 Å². The summed E-state index contributed by atoms with van der Waals surface area (Å²) in [5.41, 5.74) is 1.31. The molecule has 2 atom stereocenters. The number of halogens is 2. The summed E-state index contributed by atoms with van der Waals surface area (Å²) in [4.78, 5) is 8.60. The number of anilines is 1. The van der Waals surface area contributed by atoms with E-state index >= 15 is 0 Å². The van der Waals surface area contributed by atoms with E-state index in [1.807, 2.05) is 18.2 Å². The molecule has 1 N–H and O–H groups in total. The molecule has 0 aliphatic carbocycles. The van der Waals surface area contributed by atoms with Gasteiger partial charge in [-0.15, -0.1) is 0 Å². The molecule has 0 saturated heterocycles. The molecule has 0 bridgehead atoms. The van der Waals surface area contributed by atoms with Crippen LogP contribution in [-0.4, -0.2) is 19.7 Å². The summed E-state index contributed by atoms with van der Waals surface area (Å²) in [6.07, 6.45) is 3.76. The number of nitrogens with zero attached hydrogens (tertiary/aromatic N) is 4. The van der Waals surface area contributed by atoms with E-state index in [2.05, 4.69) is 20.4 Å². The molecular formula is C16H13ClFN5. The van der Waals surface area contributed by atoms with Crippen LogP contribution in [0.5, 0.6) is 0 Å². The molecule has 0 amide bonds. The molecule has 4 rings (SSSR count). The van der Waals surface area contributed by atoms with Crippen molar-refractivity contribution in [1.29, 1.82) is 0 Å². The first-order chi connectivity index (χ1) is 11.2. The van der Waals surface area contributed by atoms with Gasteiger partial charge in [0.25, 0.3) is 0 Å². The van der Waals surface area contributed by atoms with Gasteiger partial charge in [-0.25, -0.2) is 9.07 Å². The molecule has 0 unspecified atom stereocenters. The van der Waals surface area contributed by atoms with Crippen molar-refractivity contribution < 1.29 is 4.39 Å². The maximum atomic E-state index is 14.4. The van der Waals surface area contributed by atoms with Crippen molar-refractivity contribution in [2.24, 2.45) is 0 Å². The van der Waals surface area contributed by atoms with Crippen LogP contribution in [0.1, 0.15) is 29.8 Å². The highest BCUT2D eigenvalue weighted by Gasteiger charge is 2.33. The molecule has 23 heavy (non-hydrogen) atoms. The maximum Gasteiger partial charge on any atom is 0.222 e. The van der Waals surface area contributed by atoms with E-state index in [9.17, 15) is 4.39 Å². The minimum atomic E-state index is -0.342. The Morgan fingerprint density at radius 2 is 2.09 bits per heavy atom. The van der Waals surface area contributed by atoms with Crippen LogP contribution in [0, 0.1) is 5.82 Å². The molecule has 3 heterocycles. The lowest BCUT2D eigenvalue weighted by Crippen LogP contribution is -2.29. The first kappa shape index (κ1) is 14.1. The summed E-state index contributed by atoms with van der Waals surface area (Å²) in [7, 11) is 0. The molecule has 0 fully saturated rings. The van der Waals surface area contributed by atoms with Gasteiger partial charge in [-0.2, -0.15) is 10.1 Å². The number of pyridine rings is 1. The van der Waals surface area contributed by atoms with Gasteiger partial charge in [0, 0.05) is 23.2 Å². The molecule has 3 aromatic rings. The van der Waals surface area contributed by atoms with Gasteiger partial charge in [0.05, 0.1) is 17.8 Å². The summed E-state index contributed by atoms with van der Waals surface area (Å²) >= 11 is 6.25. The van der Waals surface area contributed by atoms with E-state index in [0.29, 0.717) is 23.0 Å². The highest BCUT2D eigenvalue weighted by Crippen LogP contribution is 2.39. The van der Waals surface area contributed by atoms with Crippen LogP contribution >= 0.6 is 11.6 Å². The van der Waals surface area contributed by atoms with Gasteiger partial charge in [0.1, 0.15) is 12.1 Å². The van der Waals surface area contributed by atoms with Gasteiger partial charge in [0.2, 0.25) is 5.95 Å². The predicted molar refractivity (Wildman–Crippen MR) is 84.8 cm³/mol. The number of hydrogen-bond acceptors (Lipinski definition) is 4. The Morgan fingerprint density at radius 3 is 2.87 bits per heavy atom. The first-order valence-corrected chi connectivity index (χ1v) is 7.62. The van der Waals surface area contributed by atoms with E-state index in [-0.39, 0.29) is 17.9 Å². The number of benzene rings is 1. The Hall–Kier alpha value is -2.47. The fourth-order valence-electron chi connectivity index (χ4n) is 2.97. The Kier molecular flexibility index (Phi) is 3.46. The molecule has 1 aromatic carbocycles. The van der Waals surface area contributed by atoms with Crippen molar-refractivity contribution in [2.45, 2.75) is 18.5 Å². The zero-order valence-electron chi connectivity index (χ0n) is 12.0. The van der Waals surface area contributed by atoms with E-state index < -0.39 is 0 Å². The molecule has 1 aliphatic rings.